The van der Waals surface area contributed by atoms with E-state index in [9.17, 15) is 19.5 Å². The minimum atomic E-state index is -1.46. The molecular formula is C22H20ClN7O5S2. The number of fused-ring (bicyclic) bond motifs is 2. The van der Waals surface area contributed by atoms with Crippen LogP contribution in [0.5, 0.6) is 0 Å². The summed E-state index contributed by atoms with van der Waals surface area (Å²) in [6, 6.07) is 2.60. The lowest BCUT2D eigenvalue weighted by molar-refractivity contribution is -0.510. The molecule has 3 aromatic rings. The van der Waals surface area contributed by atoms with Gasteiger partial charge >= 0.3 is 0 Å². The van der Waals surface area contributed by atoms with E-state index >= 15 is 0 Å². The molecule has 5 rings (SSSR count). The van der Waals surface area contributed by atoms with Crippen LogP contribution in [0.15, 0.2) is 52.5 Å². The number of nitrogens with one attached hydrogen (secondary N) is 1. The zero-order valence-electron chi connectivity index (χ0n) is 19.3. The van der Waals surface area contributed by atoms with Gasteiger partial charge < -0.3 is 25.8 Å². The zero-order chi connectivity index (χ0) is 26.3. The van der Waals surface area contributed by atoms with Crippen LogP contribution in [0.25, 0.3) is 5.65 Å². The number of aliphatic carboxylic acids is 1. The quantitative estimate of drug-likeness (QED) is 0.165. The number of carboxylic acid groups (broad SMARTS) is 1. The van der Waals surface area contributed by atoms with Crippen molar-refractivity contribution in [3.63, 3.8) is 0 Å². The Morgan fingerprint density at radius 1 is 1.43 bits per heavy atom. The van der Waals surface area contributed by atoms with Crippen LogP contribution in [0, 0.1) is 0 Å². The van der Waals surface area contributed by atoms with Gasteiger partial charge in [0.15, 0.2) is 10.8 Å². The van der Waals surface area contributed by atoms with Crippen molar-refractivity contribution in [1.82, 2.24) is 19.8 Å². The summed E-state index contributed by atoms with van der Waals surface area (Å²) in [5.41, 5.74) is 6.89. The Balaban J connectivity index is 1.37. The lowest BCUT2D eigenvalue weighted by atomic mass is 10.0. The number of imidazole rings is 1. The number of carbonyl (C=O) groups excluding carboxylic acids is 3. The fraction of sp³-hybridized carbons (Fsp3) is 0.273. The SMILES string of the molecule is CCO/N=C(\C(=O)N[C@@H]1C(=O)N2C(C(=O)[O-])=C(Cn3cc[n+]4cc(Cl)ccc34)CS[C@@H]12)c1csc(N)n1. The maximum Gasteiger partial charge on any atom is 0.286 e. The summed E-state index contributed by atoms with van der Waals surface area (Å²) in [6.45, 7) is 2.16. The molecule has 5 heterocycles. The molecule has 192 valence electrons. The van der Waals surface area contributed by atoms with Crippen LogP contribution in [0.1, 0.15) is 12.6 Å². The Labute approximate surface area is 223 Å². The van der Waals surface area contributed by atoms with E-state index < -0.39 is 29.2 Å². The highest BCUT2D eigenvalue weighted by molar-refractivity contribution is 8.00. The molecule has 0 saturated carbocycles. The predicted molar refractivity (Wildman–Crippen MR) is 134 cm³/mol. The Kier molecular flexibility index (Phi) is 6.79. The van der Waals surface area contributed by atoms with Crippen LogP contribution in [0.4, 0.5) is 5.13 Å². The number of oxime groups is 1. The molecule has 0 aromatic carbocycles. The second-order valence-corrected chi connectivity index (χ2v) is 10.5. The zero-order valence-corrected chi connectivity index (χ0v) is 21.7. The van der Waals surface area contributed by atoms with E-state index in [1.165, 1.54) is 16.7 Å². The molecule has 0 radical (unpaired) electrons. The van der Waals surface area contributed by atoms with Gasteiger partial charge in [0.05, 0.1) is 16.7 Å². The smallest absolute Gasteiger partial charge is 0.286 e. The monoisotopic (exact) mass is 561 g/mol. The normalized spacial score (nSPS) is 19.6. The first-order chi connectivity index (χ1) is 17.8. The van der Waals surface area contributed by atoms with Crippen molar-refractivity contribution in [3.05, 3.63) is 58.1 Å². The molecule has 2 atom stereocenters. The average molecular weight is 562 g/mol. The van der Waals surface area contributed by atoms with Crippen molar-refractivity contribution >= 4 is 69.0 Å². The van der Waals surface area contributed by atoms with Gasteiger partial charge in [-0.25, -0.2) is 14.0 Å². The molecule has 12 nitrogen and oxygen atoms in total. The fourth-order valence-electron chi connectivity index (χ4n) is 4.15. The first-order valence-electron chi connectivity index (χ1n) is 11.0. The largest absolute Gasteiger partial charge is 0.543 e. The number of halogens is 1. The van der Waals surface area contributed by atoms with Crippen molar-refractivity contribution in [3.8, 4) is 0 Å². The van der Waals surface area contributed by atoms with Crippen LogP contribution in [-0.2, 0) is 25.8 Å². The number of rotatable bonds is 8. The summed E-state index contributed by atoms with van der Waals surface area (Å²) < 4.78 is 3.67. The van der Waals surface area contributed by atoms with Gasteiger partial charge in [-0.3, -0.25) is 14.5 Å². The minimum absolute atomic E-state index is 0.129. The minimum Gasteiger partial charge on any atom is -0.543 e. The van der Waals surface area contributed by atoms with Gasteiger partial charge in [-0.1, -0.05) is 16.8 Å². The number of carbonyl (C=O) groups is 3. The molecule has 0 unspecified atom stereocenters. The van der Waals surface area contributed by atoms with Gasteiger partial charge in [0.25, 0.3) is 17.5 Å². The molecule has 37 heavy (non-hydrogen) atoms. The van der Waals surface area contributed by atoms with E-state index in [1.54, 1.807) is 37.0 Å². The Morgan fingerprint density at radius 3 is 2.95 bits per heavy atom. The number of β-lactam (4-membered cyclic amide) rings is 1. The number of nitrogens with zero attached hydrogens (tertiary/aromatic N) is 5. The third-order valence-electron chi connectivity index (χ3n) is 5.77. The van der Waals surface area contributed by atoms with Crippen LogP contribution in [0.3, 0.4) is 0 Å². The second kappa shape index (κ2) is 10.0. The molecule has 2 aliphatic rings. The molecule has 2 amide bonds. The number of nitrogens with two attached hydrogens (primary N) is 1. The van der Waals surface area contributed by atoms with Gasteiger partial charge in [-0.2, -0.15) is 0 Å². The first kappa shape index (κ1) is 25.0. The van der Waals surface area contributed by atoms with Crippen LogP contribution >= 0.6 is 34.7 Å². The highest BCUT2D eigenvalue weighted by Crippen LogP contribution is 2.40. The number of pyridine rings is 1. The van der Waals surface area contributed by atoms with Gasteiger partial charge in [-0.05, 0) is 13.0 Å². The highest BCUT2D eigenvalue weighted by Gasteiger charge is 2.53. The number of nitrogen functional groups attached to an aromatic ring is 1. The highest BCUT2D eigenvalue weighted by atomic mass is 35.5. The number of amides is 2. The number of hydrogen-bond acceptors (Lipinski definition) is 10. The lowest BCUT2D eigenvalue weighted by Gasteiger charge is -2.50. The summed E-state index contributed by atoms with van der Waals surface area (Å²) >= 11 is 8.53. The Morgan fingerprint density at radius 2 is 2.24 bits per heavy atom. The van der Waals surface area contributed by atoms with Gasteiger partial charge in [0.2, 0.25) is 0 Å². The molecule has 1 saturated heterocycles. The van der Waals surface area contributed by atoms with Crippen molar-refractivity contribution in [2.24, 2.45) is 5.16 Å². The third-order valence-corrected chi connectivity index (χ3v) is 8.01. The molecule has 2 aliphatic heterocycles. The average Bonchev–Trinajstić information content (AvgIpc) is 3.47. The Bertz CT molecular complexity index is 1480. The van der Waals surface area contributed by atoms with Crippen molar-refractivity contribution in [2.75, 3.05) is 18.1 Å². The summed E-state index contributed by atoms with van der Waals surface area (Å²) in [5.74, 6) is -2.38. The van der Waals surface area contributed by atoms with Gasteiger partial charge in [0, 0.05) is 22.8 Å². The van der Waals surface area contributed by atoms with E-state index in [0.717, 1.165) is 17.0 Å². The fourth-order valence-corrected chi connectivity index (χ4v) is 6.20. The van der Waals surface area contributed by atoms with Crippen LogP contribution in [-0.4, -0.2) is 61.7 Å². The number of thiazole rings is 1. The van der Waals surface area contributed by atoms with Crippen LogP contribution in [0.2, 0.25) is 5.02 Å². The molecule has 3 N–H and O–H groups in total. The molecular weight excluding hydrogens is 542 g/mol. The van der Waals surface area contributed by atoms with E-state index in [-0.39, 0.29) is 35.4 Å². The number of hydrogen-bond donors (Lipinski definition) is 2. The van der Waals surface area contributed by atoms with E-state index in [2.05, 4.69) is 15.5 Å². The second-order valence-electron chi connectivity index (χ2n) is 8.07. The number of carboxylic acids is 1. The predicted octanol–water partition coefficient (Wildman–Crippen LogP) is -0.236. The summed E-state index contributed by atoms with van der Waals surface area (Å²) in [6.07, 6.45) is 5.34. The molecule has 15 heteroatoms. The third kappa shape index (κ3) is 4.63. The van der Waals surface area contributed by atoms with Crippen molar-refractivity contribution in [2.45, 2.75) is 24.9 Å². The van der Waals surface area contributed by atoms with Crippen LogP contribution < -0.4 is 20.6 Å². The topological polar surface area (TPSA) is 159 Å². The molecule has 0 aliphatic carbocycles. The maximum atomic E-state index is 13.1. The number of anilines is 1. The standard InChI is InChI=1S/C22H20ClN7O5S2/c1-2-35-27-15(13-10-37-22(24)25-13)18(31)26-16-19(32)30-17(21(33)34)11(9-36-20(16)30)7-28-5-6-29-8-12(23)3-4-14(28)29/h3-6,8,10,16,20H,2,7,9H2,1H3,(H3-,24,25,26,31,33,34)/b27-15-/t16-,20+/m1/s1. The lowest BCUT2D eigenvalue weighted by Crippen LogP contribution is -2.71. The van der Waals surface area contributed by atoms with Crippen molar-refractivity contribution in [1.29, 1.82) is 0 Å². The van der Waals surface area contributed by atoms with E-state index in [1.807, 2.05) is 15.0 Å². The molecule has 1 fully saturated rings. The van der Waals surface area contributed by atoms with E-state index in [4.69, 9.17) is 22.2 Å². The van der Waals surface area contributed by atoms with Crippen molar-refractivity contribution < 1.29 is 28.7 Å². The maximum absolute atomic E-state index is 13.1. The summed E-state index contributed by atoms with van der Waals surface area (Å²) in [5, 5.41) is 20.3. The van der Waals surface area contributed by atoms with Gasteiger partial charge in [-0.15, -0.1) is 23.1 Å². The van der Waals surface area contributed by atoms with Gasteiger partial charge in [0.1, 0.15) is 48.9 Å². The Hall–Kier alpha value is -3.62. The van der Waals surface area contributed by atoms with E-state index in [0.29, 0.717) is 16.3 Å². The molecule has 3 aromatic heterocycles. The first-order valence-corrected chi connectivity index (χ1v) is 13.3. The molecule has 0 bridgehead atoms. The number of thioether (sulfide) groups is 1. The summed E-state index contributed by atoms with van der Waals surface area (Å²) in [7, 11) is 0. The summed E-state index contributed by atoms with van der Waals surface area (Å²) in [4.78, 5) is 48.5. The number of aromatic nitrogens is 3. The molecule has 0 spiro atoms.